The van der Waals surface area contributed by atoms with E-state index in [1.807, 2.05) is 55.5 Å². The van der Waals surface area contributed by atoms with Gasteiger partial charge in [0.1, 0.15) is 0 Å². The molecule has 2 amide bonds. The van der Waals surface area contributed by atoms with Gasteiger partial charge in [0.2, 0.25) is 12.0 Å². The van der Waals surface area contributed by atoms with Gasteiger partial charge in [-0.05, 0) is 49.2 Å². The van der Waals surface area contributed by atoms with Gasteiger partial charge in [0.15, 0.2) is 11.6 Å². The number of nitrogens with one attached hydrogen (secondary N) is 1. The third-order valence-electron chi connectivity index (χ3n) is 5.07. The van der Waals surface area contributed by atoms with Crippen molar-refractivity contribution in [2.75, 3.05) is 16.8 Å². The highest BCUT2D eigenvalue weighted by Gasteiger charge is 2.36. The van der Waals surface area contributed by atoms with E-state index in [4.69, 9.17) is 4.74 Å². The molecule has 1 N–H and O–H groups in total. The lowest BCUT2D eigenvalue weighted by atomic mass is 10.1. The van der Waals surface area contributed by atoms with Gasteiger partial charge < -0.3 is 10.1 Å². The van der Waals surface area contributed by atoms with Gasteiger partial charge in [0.25, 0.3) is 5.91 Å². The Balaban J connectivity index is 1.43. The van der Waals surface area contributed by atoms with Crippen LogP contribution in [0.15, 0.2) is 71.3 Å². The van der Waals surface area contributed by atoms with E-state index in [9.17, 15) is 9.59 Å². The van der Waals surface area contributed by atoms with Crippen molar-refractivity contribution in [3.05, 3.63) is 82.5 Å². The minimum Gasteiger partial charge on any atom is -0.472 e. The van der Waals surface area contributed by atoms with Crippen LogP contribution < -0.4 is 15.0 Å². The molecule has 2 heterocycles. The maximum atomic E-state index is 13.2. The maximum Gasteiger partial charge on any atom is 0.274 e. The number of rotatable bonds is 6. The van der Waals surface area contributed by atoms with Crippen LogP contribution in [0.5, 0.6) is 5.75 Å². The molecule has 1 aromatic heterocycles. The Morgan fingerprint density at radius 1 is 1.16 bits per heavy atom. The zero-order valence-corrected chi connectivity index (χ0v) is 18.6. The van der Waals surface area contributed by atoms with E-state index < -0.39 is 6.10 Å². The number of ether oxygens (including phenoxy) is 1. The van der Waals surface area contributed by atoms with Gasteiger partial charge in [-0.15, -0.1) is 0 Å². The molecular weight excluding hydrogens is 458 g/mol. The Morgan fingerprint density at radius 3 is 2.74 bits per heavy atom. The highest BCUT2D eigenvalue weighted by molar-refractivity contribution is 9.10. The molecule has 0 saturated carbocycles. The van der Waals surface area contributed by atoms with Crippen LogP contribution in [-0.2, 0) is 9.59 Å². The molecule has 1 aliphatic rings. The van der Waals surface area contributed by atoms with Crippen molar-refractivity contribution in [2.45, 2.75) is 25.9 Å². The van der Waals surface area contributed by atoms with E-state index in [0.717, 1.165) is 21.3 Å². The van der Waals surface area contributed by atoms with Gasteiger partial charge >= 0.3 is 0 Å². The second-order valence-corrected chi connectivity index (χ2v) is 8.19. The molecule has 0 saturated heterocycles. The molecule has 0 fully saturated rings. The van der Waals surface area contributed by atoms with Crippen LogP contribution in [0, 0.1) is 6.92 Å². The molecular formula is C24H22BrN3O3. The van der Waals surface area contributed by atoms with Crippen LogP contribution in [0.25, 0.3) is 0 Å². The van der Waals surface area contributed by atoms with Crippen LogP contribution in [0.4, 0.5) is 11.5 Å². The van der Waals surface area contributed by atoms with Crippen molar-refractivity contribution < 1.29 is 14.3 Å². The quantitative estimate of drug-likeness (QED) is 0.537. The number of carbonyl (C=O) groups excluding carboxylic acids is 2. The highest BCUT2D eigenvalue weighted by Crippen LogP contribution is 2.37. The maximum absolute atomic E-state index is 13.2. The Morgan fingerprint density at radius 2 is 1.97 bits per heavy atom. The Bertz CT molecular complexity index is 1100. The predicted octanol–water partition coefficient (Wildman–Crippen LogP) is 5.04. The van der Waals surface area contributed by atoms with Crippen LogP contribution in [0.2, 0.25) is 0 Å². The number of aromatic nitrogens is 1. The monoisotopic (exact) mass is 479 g/mol. The first-order chi connectivity index (χ1) is 15.0. The zero-order valence-electron chi connectivity index (χ0n) is 17.0. The number of anilines is 2. The fraction of sp³-hybridized carbons (Fsp3) is 0.208. The number of hydrogen-bond donors (Lipinski definition) is 1. The molecule has 1 atom stereocenters. The molecule has 0 spiro atoms. The summed E-state index contributed by atoms with van der Waals surface area (Å²) in [5.74, 6) is 0.777. The summed E-state index contributed by atoms with van der Waals surface area (Å²) in [7, 11) is 0. The third-order valence-corrected chi connectivity index (χ3v) is 5.96. The summed E-state index contributed by atoms with van der Waals surface area (Å²) < 4.78 is 6.95. The number of fused-ring (bicyclic) bond motifs is 1. The van der Waals surface area contributed by atoms with Crippen LogP contribution in [0.1, 0.15) is 30.1 Å². The summed E-state index contributed by atoms with van der Waals surface area (Å²) in [5, 5.41) is 2.91. The number of hydrogen-bond acceptors (Lipinski definition) is 4. The first-order valence-corrected chi connectivity index (χ1v) is 10.9. The second-order valence-electron chi connectivity index (χ2n) is 7.34. The fourth-order valence-electron chi connectivity index (χ4n) is 3.50. The summed E-state index contributed by atoms with van der Waals surface area (Å²) in [4.78, 5) is 31.5. The summed E-state index contributed by atoms with van der Waals surface area (Å²) >= 11 is 3.46. The lowest BCUT2D eigenvalue weighted by molar-refractivity contribution is -0.127. The van der Waals surface area contributed by atoms with Gasteiger partial charge in [-0.25, -0.2) is 4.98 Å². The highest BCUT2D eigenvalue weighted by atomic mass is 79.9. The Labute approximate surface area is 189 Å². The lowest BCUT2D eigenvalue weighted by Gasteiger charge is -2.33. The van der Waals surface area contributed by atoms with E-state index in [-0.39, 0.29) is 18.2 Å². The number of nitrogens with zero attached hydrogens (tertiary/aromatic N) is 2. The molecule has 0 aliphatic carbocycles. The second kappa shape index (κ2) is 9.31. The van der Waals surface area contributed by atoms with Gasteiger partial charge in [-0.1, -0.05) is 46.3 Å². The van der Waals surface area contributed by atoms with E-state index in [0.29, 0.717) is 24.5 Å². The Kier molecular flexibility index (Phi) is 6.32. The molecule has 4 rings (SSSR count). The van der Waals surface area contributed by atoms with E-state index >= 15 is 0 Å². The topological polar surface area (TPSA) is 71.5 Å². The van der Waals surface area contributed by atoms with Crippen LogP contribution in [0.3, 0.4) is 0 Å². The number of halogens is 1. The normalized spacial score (nSPS) is 15.2. The number of aryl methyl sites for hydroxylation is 1. The molecule has 1 aliphatic heterocycles. The predicted molar refractivity (Wildman–Crippen MR) is 123 cm³/mol. The van der Waals surface area contributed by atoms with E-state index in [1.54, 1.807) is 23.2 Å². The summed E-state index contributed by atoms with van der Waals surface area (Å²) in [6.07, 6.45) is 1.70. The van der Waals surface area contributed by atoms with Crippen molar-refractivity contribution in [2.24, 2.45) is 0 Å². The van der Waals surface area contributed by atoms with E-state index in [1.165, 1.54) is 0 Å². The molecule has 2 aromatic carbocycles. The molecule has 0 bridgehead atoms. The smallest absolute Gasteiger partial charge is 0.274 e. The summed E-state index contributed by atoms with van der Waals surface area (Å²) in [6, 6.07) is 18.7. The molecule has 31 heavy (non-hydrogen) atoms. The minimum absolute atomic E-state index is 0.0942. The average Bonchev–Trinajstić information content (AvgIpc) is 2.78. The number of pyridine rings is 1. The largest absolute Gasteiger partial charge is 0.472 e. The van der Waals surface area contributed by atoms with Crippen molar-refractivity contribution >= 4 is 39.2 Å². The first-order valence-electron chi connectivity index (χ1n) is 10.1. The van der Waals surface area contributed by atoms with Crippen LogP contribution in [-0.4, -0.2) is 23.3 Å². The minimum atomic E-state index is -0.725. The van der Waals surface area contributed by atoms with E-state index in [2.05, 4.69) is 26.2 Å². The Hall–Kier alpha value is -3.19. The SMILES string of the molecule is Cc1cc(NC(=O)CCCN2C(=O)C(c3ccccc3)Oc3cccnc32)ccc1Br. The van der Waals surface area contributed by atoms with Crippen molar-refractivity contribution in [3.63, 3.8) is 0 Å². The first kappa shape index (κ1) is 21.1. The van der Waals surface area contributed by atoms with Gasteiger partial charge in [0.05, 0.1) is 0 Å². The van der Waals surface area contributed by atoms with Crippen molar-refractivity contribution in [1.29, 1.82) is 0 Å². The van der Waals surface area contributed by atoms with Gasteiger partial charge in [-0.3, -0.25) is 14.5 Å². The van der Waals surface area contributed by atoms with Crippen molar-refractivity contribution in [3.8, 4) is 5.75 Å². The fourth-order valence-corrected chi connectivity index (χ4v) is 3.75. The third kappa shape index (κ3) is 4.77. The zero-order chi connectivity index (χ0) is 21.8. The van der Waals surface area contributed by atoms with Crippen LogP contribution >= 0.6 is 15.9 Å². The molecule has 6 nitrogen and oxygen atoms in total. The number of carbonyl (C=O) groups is 2. The molecule has 0 radical (unpaired) electrons. The number of benzene rings is 2. The molecule has 7 heteroatoms. The number of amides is 2. The van der Waals surface area contributed by atoms with Gasteiger partial charge in [0, 0.05) is 34.9 Å². The van der Waals surface area contributed by atoms with Gasteiger partial charge in [-0.2, -0.15) is 0 Å². The van der Waals surface area contributed by atoms with Crippen molar-refractivity contribution in [1.82, 2.24) is 4.98 Å². The average molecular weight is 480 g/mol. The lowest BCUT2D eigenvalue weighted by Crippen LogP contribution is -2.42. The molecule has 3 aromatic rings. The molecule has 1 unspecified atom stereocenters. The summed E-state index contributed by atoms with van der Waals surface area (Å²) in [5.41, 5.74) is 2.59. The molecule has 158 valence electrons. The summed E-state index contributed by atoms with van der Waals surface area (Å²) in [6.45, 7) is 2.35. The standard InChI is InChI=1S/C24H22BrN3O3/c1-16-15-18(11-12-19(16)25)27-21(29)10-6-14-28-23-20(9-5-13-26-23)31-22(24(28)30)17-7-3-2-4-8-17/h2-5,7-9,11-13,15,22H,6,10,14H2,1H3,(H,27,29).